The molecule has 2 aromatic carbocycles. The first-order valence-electron chi connectivity index (χ1n) is 9.32. The average Bonchev–Trinajstić information content (AvgIpc) is 3.21. The molecule has 0 radical (unpaired) electrons. The van der Waals surface area contributed by atoms with Gasteiger partial charge in [0.2, 0.25) is 6.17 Å². The van der Waals surface area contributed by atoms with Crippen LogP contribution in [0.5, 0.6) is 0 Å². The maximum atomic E-state index is 12.9. The standard InChI is InChI=1S/C22H16N6O2/c29-20-19(26-22-28-27-21(30-22)15-9-6-12-23-13-15)25-18(14-7-2-1-3-8-14)16-10-4-5-11-17(16)24-20/h1-13,19H,(H,24,29)(H,26,28)/t19-/m1/s1. The summed E-state index contributed by atoms with van der Waals surface area (Å²) in [7, 11) is 0. The van der Waals surface area contributed by atoms with Crippen LogP contribution in [0.25, 0.3) is 11.5 Å². The Balaban J connectivity index is 1.51. The Kier molecular flexibility index (Phi) is 4.49. The summed E-state index contributed by atoms with van der Waals surface area (Å²) in [5, 5.41) is 13.9. The lowest BCUT2D eigenvalue weighted by Gasteiger charge is -2.11. The lowest BCUT2D eigenvalue weighted by molar-refractivity contribution is -0.116. The van der Waals surface area contributed by atoms with Crippen molar-refractivity contribution in [3.05, 3.63) is 90.3 Å². The van der Waals surface area contributed by atoms with Crippen LogP contribution in [0, 0.1) is 0 Å². The molecule has 4 aromatic rings. The number of carbonyl (C=O) groups is 1. The summed E-state index contributed by atoms with van der Waals surface area (Å²) in [5.41, 5.74) is 3.80. The van der Waals surface area contributed by atoms with Gasteiger partial charge >= 0.3 is 6.01 Å². The highest BCUT2D eigenvalue weighted by atomic mass is 16.4. The third kappa shape index (κ3) is 3.42. The van der Waals surface area contributed by atoms with E-state index in [0.29, 0.717) is 22.9 Å². The number of anilines is 2. The molecular formula is C22H16N6O2. The van der Waals surface area contributed by atoms with Crippen molar-refractivity contribution in [2.24, 2.45) is 4.99 Å². The van der Waals surface area contributed by atoms with Gasteiger partial charge in [-0.3, -0.25) is 9.78 Å². The van der Waals surface area contributed by atoms with Crippen molar-refractivity contribution in [1.29, 1.82) is 0 Å². The summed E-state index contributed by atoms with van der Waals surface area (Å²) < 4.78 is 5.66. The van der Waals surface area contributed by atoms with Crippen LogP contribution < -0.4 is 10.6 Å². The molecule has 5 rings (SSSR count). The molecule has 2 N–H and O–H groups in total. The van der Waals surface area contributed by atoms with Crippen molar-refractivity contribution in [2.45, 2.75) is 6.17 Å². The van der Waals surface area contributed by atoms with Crippen molar-refractivity contribution in [2.75, 3.05) is 10.6 Å². The summed E-state index contributed by atoms with van der Waals surface area (Å²) in [4.78, 5) is 21.6. The molecule has 2 aromatic heterocycles. The Hall–Kier alpha value is -4.33. The first kappa shape index (κ1) is 17.7. The molecular weight excluding hydrogens is 380 g/mol. The van der Waals surface area contributed by atoms with Crippen LogP contribution in [-0.4, -0.2) is 33.0 Å². The van der Waals surface area contributed by atoms with E-state index in [-0.39, 0.29) is 11.9 Å². The van der Waals surface area contributed by atoms with Crippen LogP contribution in [0.15, 0.2) is 88.5 Å². The van der Waals surface area contributed by atoms with Gasteiger partial charge in [-0.1, -0.05) is 53.6 Å². The van der Waals surface area contributed by atoms with E-state index in [9.17, 15) is 4.79 Å². The number of aromatic nitrogens is 3. The highest BCUT2D eigenvalue weighted by Crippen LogP contribution is 2.25. The number of benzene rings is 2. The second-order valence-electron chi connectivity index (χ2n) is 6.58. The molecule has 1 atom stereocenters. The quantitative estimate of drug-likeness (QED) is 0.548. The van der Waals surface area contributed by atoms with Gasteiger partial charge in [-0.15, -0.1) is 5.10 Å². The van der Waals surface area contributed by atoms with E-state index in [4.69, 9.17) is 9.41 Å². The fourth-order valence-corrected chi connectivity index (χ4v) is 3.19. The number of pyridine rings is 1. The van der Waals surface area contributed by atoms with E-state index in [1.165, 1.54) is 0 Å². The Morgan fingerprint density at radius 1 is 0.900 bits per heavy atom. The van der Waals surface area contributed by atoms with E-state index in [1.54, 1.807) is 18.5 Å². The molecule has 0 saturated carbocycles. The number of amides is 1. The predicted molar refractivity (Wildman–Crippen MR) is 112 cm³/mol. The molecule has 1 aliphatic heterocycles. The van der Waals surface area contributed by atoms with Crippen LogP contribution in [0.2, 0.25) is 0 Å². The van der Waals surface area contributed by atoms with Gasteiger partial charge in [0.1, 0.15) is 0 Å². The Morgan fingerprint density at radius 2 is 1.70 bits per heavy atom. The van der Waals surface area contributed by atoms with E-state index >= 15 is 0 Å². The smallest absolute Gasteiger partial charge is 0.317 e. The lowest BCUT2D eigenvalue weighted by Crippen LogP contribution is -2.32. The normalized spacial score (nSPS) is 15.5. The van der Waals surface area contributed by atoms with Crippen LogP contribution in [0.4, 0.5) is 11.7 Å². The van der Waals surface area contributed by atoms with Crippen molar-refractivity contribution in [3.8, 4) is 11.5 Å². The van der Waals surface area contributed by atoms with Gasteiger partial charge in [-0.25, -0.2) is 4.99 Å². The first-order chi connectivity index (χ1) is 14.8. The van der Waals surface area contributed by atoms with Crippen LogP contribution in [-0.2, 0) is 4.79 Å². The number of hydrogen-bond donors (Lipinski definition) is 2. The number of rotatable bonds is 4. The van der Waals surface area contributed by atoms with E-state index in [1.807, 2.05) is 60.7 Å². The molecule has 1 aliphatic rings. The summed E-state index contributed by atoms with van der Waals surface area (Å²) in [6, 6.07) is 20.9. The van der Waals surface area contributed by atoms with Crippen LogP contribution >= 0.6 is 0 Å². The zero-order valence-electron chi connectivity index (χ0n) is 15.7. The van der Waals surface area contributed by atoms with Crippen molar-refractivity contribution < 1.29 is 9.21 Å². The summed E-state index contributed by atoms with van der Waals surface area (Å²) >= 11 is 0. The second-order valence-corrected chi connectivity index (χ2v) is 6.58. The van der Waals surface area contributed by atoms with Crippen LogP contribution in [0.3, 0.4) is 0 Å². The molecule has 8 nitrogen and oxygen atoms in total. The number of nitrogens with zero attached hydrogens (tertiary/aromatic N) is 4. The Morgan fingerprint density at radius 3 is 2.53 bits per heavy atom. The molecule has 0 unspecified atom stereocenters. The van der Waals surface area contributed by atoms with Crippen molar-refractivity contribution in [1.82, 2.24) is 15.2 Å². The maximum absolute atomic E-state index is 12.9. The highest BCUT2D eigenvalue weighted by molar-refractivity contribution is 6.19. The number of fused-ring (bicyclic) bond motifs is 1. The van der Waals surface area contributed by atoms with Gasteiger partial charge < -0.3 is 15.1 Å². The molecule has 0 fully saturated rings. The minimum absolute atomic E-state index is 0.0936. The van der Waals surface area contributed by atoms with Gasteiger partial charge in [0.15, 0.2) is 0 Å². The van der Waals surface area contributed by atoms with Crippen molar-refractivity contribution >= 4 is 23.3 Å². The molecule has 1 amide bonds. The number of aliphatic imine (C=N–C) groups is 1. The number of carbonyl (C=O) groups excluding carboxylic acids is 1. The van der Waals surface area contributed by atoms with E-state index < -0.39 is 6.17 Å². The molecule has 0 aliphatic carbocycles. The topological polar surface area (TPSA) is 105 Å². The number of benzodiazepines with no additional fused rings is 1. The monoisotopic (exact) mass is 396 g/mol. The Bertz CT molecular complexity index is 1220. The zero-order valence-corrected chi connectivity index (χ0v) is 15.7. The summed E-state index contributed by atoms with van der Waals surface area (Å²) in [5.74, 6) is -0.0234. The zero-order chi connectivity index (χ0) is 20.3. The molecule has 30 heavy (non-hydrogen) atoms. The Labute approximate surface area is 171 Å². The van der Waals surface area contributed by atoms with E-state index in [2.05, 4.69) is 25.8 Å². The minimum Gasteiger partial charge on any atom is -0.403 e. The molecule has 0 spiro atoms. The fraction of sp³-hybridized carbons (Fsp3) is 0.0455. The largest absolute Gasteiger partial charge is 0.403 e. The molecule has 3 heterocycles. The third-order valence-corrected chi connectivity index (χ3v) is 4.59. The summed E-state index contributed by atoms with van der Waals surface area (Å²) in [6.07, 6.45) is 2.33. The molecule has 0 bridgehead atoms. The number of para-hydroxylation sites is 1. The second kappa shape index (κ2) is 7.59. The lowest BCUT2D eigenvalue weighted by atomic mass is 10.0. The average molecular weight is 396 g/mol. The minimum atomic E-state index is -0.949. The summed E-state index contributed by atoms with van der Waals surface area (Å²) in [6.45, 7) is 0. The predicted octanol–water partition coefficient (Wildman–Crippen LogP) is 3.36. The highest BCUT2D eigenvalue weighted by Gasteiger charge is 2.27. The first-order valence-corrected chi connectivity index (χ1v) is 9.32. The molecule has 0 saturated heterocycles. The van der Waals surface area contributed by atoms with Gasteiger partial charge in [-0.05, 0) is 18.2 Å². The SMILES string of the molecule is O=C1Nc2ccccc2C(c2ccccc2)=N[C@@H]1Nc1nnc(-c2cccnc2)o1. The number of nitrogens with one attached hydrogen (secondary N) is 2. The maximum Gasteiger partial charge on any atom is 0.317 e. The van der Waals surface area contributed by atoms with Gasteiger partial charge in [-0.2, -0.15) is 0 Å². The van der Waals surface area contributed by atoms with Gasteiger partial charge in [0.05, 0.1) is 17.0 Å². The molecule has 8 heteroatoms. The van der Waals surface area contributed by atoms with Crippen LogP contribution in [0.1, 0.15) is 11.1 Å². The molecule has 146 valence electrons. The van der Waals surface area contributed by atoms with E-state index in [0.717, 1.165) is 11.1 Å². The van der Waals surface area contributed by atoms with Gasteiger partial charge in [0.25, 0.3) is 11.8 Å². The van der Waals surface area contributed by atoms with Crippen molar-refractivity contribution in [3.63, 3.8) is 0 Å². The number of hydrogen-bond acceptors (Lipinski definition) is 7. The fourth-order valence-electron chi connectivity index (χ4n) is 3.19. The van der Waals surface area contributed by atoms with Gasteiger partial charge in [0, 0.05) is 23.5 Å². The third-order valence-electron chi connectivity index (χ3n) is 4.59.